The second-order valence-electron chi connectivity index (χ2n) is 4.09. The van der Waals surface area contributed by atoms with Crippen LogP contribution in [0.1, 0.15) is 33.1 Å². The van der Waals surface area contributed by atoms with Gasteiger partial charge in [-0.15, -0.1) is 0 Å². The second kappa shape index (κ2) is 6.79. The zero-order valence-electron chi connectivity index (χ0n) is 9.30. The number of carbonyl (C=O) groups is 1. The standard InChI is InChI=1S/C10H21NO3/c1-10(2,8-14-3)11-7-5-4-6-9(12)13/h11H,4-8H2,1-3H3,(H,12,13). The SMILES string of the molecule is COCC(C)(C)NCCCCC(=O)O. The van der Waals surface area contributed by atoms with E-state index < -0.39 is 5.97 Å². The Bertz CT molecular complexity index is 169. The first-order chi connectivity index (χ1) is 6.48. The molecule has 0 amide bonds. The van der Waals surface area contributed by atoms with Crippen molar-refractivity contribution in [3.63, 3.8) is 0 Å². The number of methoxy groups -OCH3 is 1. The van der Waals surface area contributed by atoms with Crippen LogP contribution in [-0.2, 0) is 9.53 Å². The Morgan fingerprint density at radius 1 is 1.43 bits per heavy atom. The summed E-state index contributed by atoms with van der Waals surface area (Å²) in [4.78, 5) is 10.2. The number of hydrogen-bond acceptors (Lipinski definition) is 3. The van der Waals surface area contributed by atoms with Gasteiger partial charge in [0.1, 0.15) is 0 Å². The first kappa shape index (κ1) is 13.4. The highest BCUT2D eigenvalue weighted by Crippen LogP contribution is 2.03. The van der Waals surface area contributed by atoms with Gasteiger partial charge in [0.05, 0.1) is 6.61 Å². The summed E-state index contributed by atoms with van der Waals surface area (Å²) >= 11 is 0. The van der Waals surface area contributed by atoms with E-state index >= 15 is 0 Å². The molecule has 0 saturated carbocycles. The molecule has 4 heteroatoms. The number of hydrogen-bond donors (Lipinski definition) is 2. The van der Waals surface area contributed by atoms with Crippen molar-refractivity contribution in [3.05, 3.63) is 0 Å². The van der Waals surface area contributed by atoms with Crippen LogP contribution >= 0.6 is 0 Å². The van der Waals surface area contributed by atoms with Gasteiger partial charge in [-0.1, -0.05) is 0 Å². The molecule has 14 heavy (non-hydrogen) atoms. The lowest BCUT2D eigenvalue weighted by Crippen LogP contribution is -2.43. The Balaban J connectivity index is 3.39. The molecule has 0 radical (unpaired) electrons. The highest BCUT2D eigenvalue weighted by atomic mass is 16.5. The maximum absolute atomic E-state index is 10.2. The van der Waals surface area contributed by atoms with Gasteiger partial charge in [0.15, 0.2) is 0 Å². The second-order valence-corrected chi connectivity index (χ2v) is 4.09. The highest BCUT2D eigenvalue weighted by molar-refractivity contribution is 5.66. The van der Waals surface area contributed by atoms with Crippen LogP contribution in [0.5, 0.6) is 0 Å². The smallest absolute Gasteiger partial charge is 0.303 e. The van der Waals surface area contributed by atoms with Crippen molar-refractivity contribution in [1.82, 2.24) is 5.32 Å². The molecule has 0 aliphatic carbocycles. The quantitative estimate of drug-likeness (QED) is 0.583. The maximum atomic E-state index is 10.2. The largest absolute Gasteiger partial charge is 0.481 e. The predicted octanol–water partition coefficient (Wildman–Crippen LogP) is 1.26. The molecule has 0 aromatic heterocycles. The molecule has 0 fully saturated rings. The van der Waals surface area contributed by atoms with Gasteiger partial charge in [0, 0.05) is 19.1 Å². The van der Waals surface area contributed by atoms with Crippen molar-refractivity contribution in [2.45, 2.75) is 38.6 Å². The number of unbranched alkanes of at least 4 members (excludes halogenated alkanes) is 1. The minimum atomic E-state index is -0.721. The van der Waals surface area contributed by atoms with E-state index in [0.29, 0.717) is 6.61 Å². The topological polar surface area (TPSA) is 58.6 Å². The first-order valence-electron chi connectivity index (χ1n) is 4.94. The van der Waals surface area contributed by atoms with Crippen LogP contribution in [0.3, 0.4) is 0 Å². The molecule has 0 saturated heterocycles. The van der Waals surface area contributed by atoms with Crippen molar-refractivity contribution < 1.29 is 14.6 Å². The van der Waals surface area contributed by atoms with Crippen molar-refractivity contribution in [2.75, 3.05) is 20.3 Å². The van der Waals surface area contributed by atoms with E-state index in [4.69, 9.17) is 9.84 Å². The Morgan fingerprint density at radius 2 is 2.07 bits per heavy atom. The maximum Gasteiger partial charge on any atom is 0.303 e. The van der Waals surface area contributed by atoms with Crippen molar-refractivity contribution in [1.29, 1.82) is 0 Å². The van der Waals surface area contributed by atoms with Gasteiger partial charge in [0.2, 0.25) is 0 Å². The molecule has 4 nitrogen and oxygen atoms in total. The Kier molecular flexibility index (Phi) is 6.49. The zero-order chi connectivity index (χ0) is 11.0. The fourth-order valence-electron chi connectivity index (χ4n) is 1.24. The van der Waals surface area contributed by atoms with E-state index in [1.807, 2.05) is 0 Å². The third-order valence-corrected chi connectivity index (χ3v) is 1.93. The van der Waals surface area contributed by atoms with Crippen LogP contribution in [0.25, 0.3) is 0 Å². The zero-order valence-corrected chi connectivity index (χ0v) is 9.30. The summed E-state index contributed by atoms with van der Waals surface area (Å²) in [7, 11) is 1.67. The molecule has 0 unspecified atom stereocenters. The van der Waals surface area contributed by atoms with Gasteiger partial charge >= 0.3 is 5.97 Å². The van der Waals surface area contributed by atoms with E-state index in [2.05, 4.69) is 19.2 Å². The normalized spacial score (nSPS) is 11.6. The Hall–Kier alpha value is -0.610. The van der Waals surface area contributed by atoms with Crippen LogP contribution in [0.4, 0.5) is 0 Å². The van der Waals surface area contributed by atoms with Crippen molar-refractivity contribution >= 4 is 5.97 Å². The van der Waals surface area contributed by atoms with Gasteiger partial charge in [-0.3, -0.25) is 4.79 Å². The van der Waals surface area contributed by atoms with Crippen LogP contribution < -0.4 is 5.32 Å². The number of ether oxygens (including phenoxy) is 1. The number of rotatable bonds is 8. The Labute approximate surface area is 85.6 Å². The molecule has 84 valence electrons. The predicted molar refractivity (Wildman–Crippen MR) is 55.4 cm³/mol. The summed E-state index contributed by atoms with van der Waals surface area (Å²) < 4.78 is 5.05. The summed E-state index contributed by atoms with van der Waals surface area (Å²) in [6.45, 7) is 5.62. The third-order valence-electron chi connectivity index (χ3n) is 1.93. The number of carboxylic acids is 1. The monoisotopic (exact) mass is 203 g/mol. The average Bonchev–Trinajstić information content (AvgIpc) is 2.02. The lowest BCUT2D eigenvalue weighted by atomic mass is 10.1. The molecule has 0 aliphatic heterocycles. The average molecular weight is 203 g/mol. The lowest BCUT2D eigenvalue weighted by molar-refractivity contribution is -0.137. The van der Waals surface area contributed by atoms with Crippen LogP contribution in [0, 0.1) is 0 Å². The molecule has 0 aromatic rings. The van der Waals surface area contributed by atoms with Crippen LogP contribution in [-0.4, -0.2) is 36.9 Å². The fraction of sp³-hybridized carbons (Fsp3) is 0.900. The molecule has 0 spiro atoms. The van der Waals surface area contributed by atoms with E-state index in [1.165, 1.54) is 0 Å². The molecule has 0 bridgehead atoms. The Morgan fingerprint density at radius 3 is 2.57 bits per heavy atom. The van der Waals surface area contributed by atoms with Gasteiger partial charge in [-0.2, -0.15) is 0 Å². The summed E-state index contributed by atoms with van der Waals surface area (Å²) in [5.74, 6) is -0.721. The molecular weight excluding hydrogens is 182 g/mol. The van der Waals surface area contributed by atoms with Gasteiger partial charge < -0.3 is 15.2 Å². The summed E-state index contributed by atoms with van der Waals surface area (Å²) in [6.07, 6.45) is 1.87. The van der Waals surface area contributed by atoms with Crippen LogP contribution in [0.15, 0.2) is 0 Å². The number of aliphatic carboxylic acids is 1. The first-order valence-corrected chi connectivity index (χ1v) is 4.94. The van der Waals surface area contributed by atoms with Gasteiger partial charge in [-0.25, -0.2) is 0 Å². The van der Waals surface area contributed by atoms with Crippen LogP contribution in [0.2, 0.25) is 0 Å². The number of carboxylic acid groups (broad SMARTS) is 1. The summed E-state index contributed by atoms with van der Waals surface area (Å²) in [6, 6.07) is 0. The van der Waals surface area contributed by atoms with Crippen molar-refractivity contribution in [3.8, 4) is 0 Å². The van der Waals surface area contributed by atoms with E-state index in [9.17, 15) is 4.79 Å². The molecule has 0 aliphatic rings. The minimum absolute atomic E-state index is 0.0298. The third kappa shape index (κ3) is 8.01. The van der Waals surface area contributed by atoms with Crippen molar-refractivity contribution in [2.24, 2.45) is 0 Å². The fourth-order valence-corrected chi connectivity index (χ4v) is 1.24. The van der Waals surface area contributed by atoms with Gasteiger partial charge in [0.25, 0.3) is 0 Å². The molecule has 2 N–H and O–H groups in total. The number of nitrogens with one attached hydrogen (secondary N) is 1. The summed E-state index contributed by atoms with van der Waals surface area (Å²) in [5, 5.41) is 11.7. The molecule has 0 heterocycles. The van der Waals surface area contributed by atoms with Gasteiger partial charge in [-0.05, 0) is 33.2 Å². The highest BCUT2D eigenvalue weighted by Gasteiger charge is 2.15. The summed E-state index contributed by atoms with van der Waals surface area (Å²) in [5.41, 5.74) is -0.0298. The molecule has 0 aromatic carbocycles. The minimum Gasteiger partial charge on any atom is -0.481 e. The molecular formula is C10H21NO3. The van der Waals surface area contributed by atoms with E-state index in [0.717, 1.165) is 19.4 Å². The lowest BCUT2D eigenvalue weighted by Gasteiger charge is -2.25. The van der Waals surface area contributed by atoms with E-state index in [1.54, 1.807) is 7.11 Å². The molecule has 0 atom stereocenters. The molecule has 0 rings (SSSR count). The van der Waals surface area contributed by atoms with E-state index in [-0.39, 0.29) is 12.0 Å².